The second kappa shape index (κ2) is 5.02. The molecule has 5 heteroatoms. The first-order valence-corrected chi connectivity index (χ1v) is 5.68. The van der Waals surface area contributed by atoms with Gasteiger partial charge in [-0.1, -0.05) is 0 Å². The van der Waals surface area contributed by atoms with E-state index < -0.39 is 0 Å². The molecule has 0 aliphatic heterocycles. The second-order valence-electron chi connectivity index (χ2n) is 4.24. The lowest BCUT2D eigenvalue weighted by Crippen LogP contribution is -2.19. The van der Waals surface area contributed by atoms with Crippen LogP contribution in [0.2, 0.25) is 0 Å². The summed E-state index contributed by atoms with van der Waals surface area (Å²) in [4.78, 5) is 4.17. The molecule has 0 spiro atoms. The summed E-state index contributed by atoms with van der Waals surface area (Å²) in [6, 6.07) is 3.99. The summed E-state index contributed by atoms with van der Waals surface area (Å²) in [5.41, 5.74) is 6.75. The van der Waals surface area contributed by atoms with Crippen LogP contribution in [0.5, 0.6) is 0 Å². The van der Waals surface area contributed by atoms with Crippen molar-refractivity contribution in [2.45, 2.75) is 31.4 Å². The van der Waals surface area contributed by atoms with Gasteiger partial charge in [-0.15, -0.1) is 0 Å². The summed E-state index contributed by atoms with van der Waals surface area (Å²) in [6.45, 7) is 0. The van der Waals surface area contributed by atoms with E-state index in [2.05, 4.69) is 16.4 Å². The largest absolute Gasteiger partial charge is 0.395 e. The number of methoxy groups -OCH3 is 1. The minimum atomic E-state index is 0.313. The van der Waals surface area contributed by atoms with E-state index in [1.165, 1.54) is 0 Å². The fraction of sp³-hybridized carbons (Fsp3) is 0.500. The number of nitrogens with one attached hydrogen (secondary N) is 1. The Bertz CT molecular complexity index is 441. The van der Waals surface area contributed by atoms with Crippen LogP contribution in [0.1, 0.15) is 24.8 Å². The predicted molar refractivity (Wildman–Crippen MR) is 65.4 cm³/mol. The van der Waals surface area contributed by atoms with Gasteiger partial charge >= 0.3 is 0 Å². The summed E-state index contributed by atoms with van der Waals surface area (Å²) in [5.74, 6) is 0.603. The Balaban J connectivity index is 2.07. The van der Waals surface area contributed by atoms with E-state index in [9.17, 15) is 0 Å². The van der Waals surface area contributed by atoms with Crippen molar-refractivity contribution < 1.29 is 4.74 Å². The first-order valence-electron chi connectivity index (χ1n) is 5.68. The number of hydrogen-bond donors (Lipinski definition) is 2. The van der Waals surface area contributed by atoms with Crippen molar-refractivity contribution in [3.05, 3.63) is 17.8 Å². The Kier molecular flexibility index (Phi) is 3.45. The number of hydrogen-bond acceptors (Lipinski definition) is 5. The zero-order chi connectivity index (χ0) is 12.3. The van der Waals surface area contributed by atoms with Crippen molar-refractivity contribution in [2.24, 2.45) is 0 Å². The maximum Gasteiger partial charge on any atom is 0.150 e. The fourth-order valence-electron chi connectivity index (χ4n) is 2.16. The van der Waals surface area contributed by atoms with Gasteiger partial charge in [0, 0.05) is 19.3 Å². The standard InChI is InChI=1S/C12H16N4O/c1-17-10-3-2-9(6-10)16-12-11(14)8(7-13)4-5-15-12/h4-5,9-10H,2-3,6,14H2,1H3,(H,15,16). The van der Waals surface area contributed by atoms with E-state index >= 15 is 0 Å². The lowest BCUT2D eigenvalue weighted by Gasteiger charge is -2.15. The van der Waals surface area contributed by atoms with Crippen molar-refractivity contribution in [1.82, 2.24) is 4.98 Å². The number of nitrogens with two attached hydrogens (primary N) is 1. The van der Waals surface area contributed by atoms with Gasteiger partial charge in [-0.25, -0.2) is 4.98 Å². The van der Waals surface area contributed by atoms with Crippen LogP contribution in [0.4, 0.5) is 11.5 Å². The highest BCUT2D eigenvalue weighted by atomic mass is 16.5. The number of nitrogens with zero attached hydrogens (tertiary/aromatic N) is 2. The van der Waals surface area contributed by atoms with Crippen LogP contribution in [0, 0.1) is 11.3 Å². The van der Waals surface area contributed by atoms with Gasteiger partial charge < -0.3 is 15.8 Å². The van der Waals surface area contributed by atoms with E-state index in [1.54, 1.807) is 19.4 Å². The van der Waals surface area contributed by atoms with E-state index in [1.807, 2.05) is 0 Å². The van der Waals surface area contributed by atoms with E-state index in [4.69, 9.17) is 15.7 Å². The molecule has 1 aliphatic rings. The first-order chi connectivity index (χ1) is 8.24. The minimum absolute atomic E-state index is 0.313. The van der Waals surface area contributed by atoms with Crippen LogP contribution in [-0.4, -0.2) is 24.2 Å². The molecule has 17 heavy (non-hydrogen) atoms. The maximum atomic E-state index is 8.88. The van der Waals surface area contributed by atoms with E-state index in [-0.39, 0.29) is 0 Å². The monoisotopic (exact) mass is 232 g/mol. The number of anilines is 2. The summed E-state index contributed by atoms with van der Waals surface area (Å²) in [5, 5.41) is 12.2. The Labute approximate surface area is 101 Å². The molecule has 1 fully saturated rings. The zero-order valence-electron chi connectivity index (χ0n) is 9.81. The molecule has 1 aromatic heterocycles. The van der Waals surface area contributed by atoms with Gasteiger partial charge in [0.25, 0.3) is 0 Å². The zero-order valence-corrected chi connectivity index (χ0v) is 9.81. The molecule has 0 saturated heterocycles. The van der Waals surface area contributed by atoms with Gasteiger partial charge in [-0.3, -0.25) is 0 Å². The number of aromatic nitrogens is 1. The van der Waals surface area contributed by atoms with Crippen LogP contribution in [0.15, 0.2) is 12.3 Å². The molecule has 5 nitrogen and oxygen atoms in total. The molecule has 2 rings (SSSR count). The smallest absolute Gasteiger partial charge is 0.150 e. The molecule has 2 atom stereocenters. The van der Waals surface area contributed by atoms with E-state index in [0.717, 1.165) is 19.3 Å². The van der Waals surface area contributed by atoms with Gasteiger partial charge in [-0.05, 0) is 25.3 Å². The lowest BCUT2D eigenvalue weighted by atomic mass is 10.2. The van der Waals surface area contributed by atoms with Gasteiger partial charge in [-0.2, -0.15) is 5.26 Å². The van der Waals surface area contributed by atoms with Crippen molar-refractivity contribution in [1.29, 1.82) is 5.26 Å². The number of nitrogen functional groups attached to an aromatic ring is 1. The van der Waals surface area contributed by atoms with Crippen molar-refractivity contribution in [3.63, 3.8) is 0 Å². The summed E-state index contributed by atoms with van der Waals surface area (Å²) < 4.78 is 5.31. The third-order valence-corrected chi connectivity index (χ3v) is 3.17. The molecule has 0 radical (unpaired) electrons. The van der Waals surface area contributed by atoms with Crippen LogP contribution in [0.3, 0.4) is 0 Å². The molecule has 2 unspecified atom stereocenters. The minimum Gasteiger partial charge on any atom is -0.395 e. The average Bonchev–Trinajstić information content (AvgIpc) is 2.79. The first kappa shape index (κ1) is 11.7. The average molecular weight is 232 g/mol. The summed E-state index contributed by atoms with van der Waals surface area (Å²) in [6.07, 6.45) is 4.95. The highest BCUT2D eigenvalue weighted by Gasteiger charge is 2.25. The molecular formula is C12H16N4O. The molecule has 1 aliphatic carbocycles. The van der Waals surface area contributed by atoms with Crippen LogP contribution < -0.4 is 11.1 Å². The lowest BCUT2D eigenvalue weighted by molar-refractivity contribution is 0.108. The molecule has 1 saturated carbocycles. The fourth-order valence-corrected chi connectivity index (χ4v) is 2.16. The number of rotatable bonds is 3. The number of nitriles is 1. The maximum absolute atomic E-state index is 8.88. The van der Waals surface area contributed by atoms with Crippen LogP contribution in [0.25, 0.3) is 0 Å². The van der Waals surface area contributed by atoms with Crippen LogP contribution in [-0.2, 0) is 4.74 Å². The molecule has 0 amide bonds. The van der Waals surface area contributed by atoms with E-state index in [0.29, 0.717) is 29.2 Å². The quantitative estimate of drug-likeness (QED) is 0.825. The Hall–Kier alpha value is -1.80. The molecule has 1 aromatic rings. The third kappa shape index (κ3) is 2.48. The molecule has 0 aromatic carbocycles. The highest BCUT2D eigenvalue weighted by molar-refractivity contribution is 5.69. The molecular weight excluding hydrogens is 216 g/mol. The van der Waals surface area contributed by atoms with Gasteiger partial charge in [0.2, 0.25) is 0 Å². The Morgan fingerprint density at radius 2 is 2.41 bits per heavy atom. The Morgan fingerprint density at radius 1 is 1.59 bits per heavy atom. The van der Waals surface area contributed by atoms with Crippen molar-refractivity contribution in [2.75, 3.05) is 18.2 Å². The summed E-state index contributed by atoms with van der Waals surface area (Å²) >= 11 is 0. The van der Waals surface area contributed by atoms with Gasteiger partial charge in [0.05, 0.1) is 17.4 Å². The van der Waals surface area contributed by atoms with Gasteiger partial charge in [0.15, 0.2) is 5.82 Å². The molecule has 0 bridgehead atoms. The highest BCUT2D eigenvalue weighted by Crippen LogP contribution is 2.27. The normalized spacial score (nSPS) is 23.3. The predicted octanol–water partition coefficient (Wildman–Crippen LogP) is 1.51. The SMILES string of the molecule is COC1CCC(Nc2nccc(C#N)c2N)C1. The van der Waals surface area contributed by atoms with Gasteiger partial charge in [0.1, 0.15) is 6.07 Å². The number of ether oxygens (including phenoxy) is 1. The topological polar surface area (TPSA) is 84.0 Å². The van der Waals surface area contributed by atoms with Crippen LogP contribution >= 0.6 is 0 Å². The van der Waals surface area contributed by atoms with Crippen molar-refractivity contribution in [3.8, 4) is 6.07 Å². The second-order valence-corrected chi connectivity index (χ2v) is 4.24. The Morgan fingerprint density at radius 3 is 3.06 bits per heavy atom. The number of pyridine rings is 1. The molecule has 3 N–H and O–H groups in total. The molecule has 90 valence electrons. The third-order valence-electron chi connectivity index (χ3n) is 3.17. The molecule has 1 heterocycles. The van der Waals surface area contributed by atoms with Crippen molar-refractivity contribution >= 4 is 11.5 Å². The summed E-state index contributed by atoms with van der Waals surface area (Å²) in [7, 11) is 1.73.